The monoisotopic (exact) mass is 383 g/mol. The van der Waals surface area contributed by atoms with E-state index in [0.717, 1.165) is 53.9 Å². The molecule has 0 saturated heterocycles. The number of hydrogen-bond donors (Lipinski definition) is 0. The Hall–Kier alpha value is -3.61. The van der Waals surface area contributed by atoms with Crippen molar-refractivity contribution >= 4 is 5.82 Å². The molecule has 144 valence electrons. The topological polar surface area (TPSA) is 72.6 Å². The molecule has 0 atom stereocenters. The number of nitrogens with zero attached hydrogens (tertiary/aromatic N) is 7. The van der Waals surface area contributed by atoms with Crippen LogP contribution in [0.15, 0.2) is 60.8 Å². The predicted molar refractivity (Wildman–Crippen MR) is 111 cm³/mol. The minimum atomic E-state index is 0.664. The molecule has 1 aliphatic heterocycles. The molecule has 0 aliphatic carbocycles. The molecule has 7 nitrogen and oxygen atoms in total. The van der Waals surface area contributed by atoms with Crippen molar-refractivity contribution < 1.29 is 0 Å². The van der Waals surface area contributed by atoms with Crippen LogP contribution >= 0.6 is 0 Å². The van der Waals surface area contributed by atoms with Crippen molar-refractivity contribution in [3.05, 3.63) is 72.3 Å². The number of fused-ring (bicyclic) bond motifs is 1. The summed E-state index contributed by atoms with van der Waals surface area (Å²) >= 11 is 0. The van der Waals surface area contributed by atoms with Gasteiger partial charge in [-0.3, -0.25) is 4.98 Å². The van der Waals surface area contributed by atoms with Gasteiger partial charge < -0.3 is 9.47 Å². The number of benzene rings is 1. The third-order valence-corrected chi connectivity index (χ3v) is 5.13. The molecule has 4 aromatic rings. The van der Waals surface area contributed by atoms with Crippen molar-refractivity contribution in [2.75, 3.05) is 11.4 Å². The van der Waals surface area contributed by atoms with E-state index < -0.39 is 0 Å². The summed E-state index contributed by atoms with van der Waals surface area (Å²) in [6, 6.07) is 18.1. The van der Waals surface area contributed by atoms with E-state index in [1.54, 1.807) is 6.20 Å². The first-order valence-corrected chi connectivity index (χ1v) is 9.83. The average molecular weight is 383 g/mol. The van der Waals surface area contributed by atoms with Crippen LogP contribution < -0.4 is 4.90 Å². The van der Waals surface area contributed by atoms with Crippen LogP contribution in [0.2, 0.25) is 0 Å². The van der Waals surface area contributed by atoms with E-state index in [2.05, 4.69) is 54.8 Å². The highest BCUT2D eigenvalue weighted by molar-refractivity contribution is 5.56. The van der Waals surface area contributed by atoms with E-state index in [1.807, 2.05) is 36.4 Å². The van der Waals surface area contributed by atoms with Gasteiger partial charge in [0, 0.05) is 36.6 Å². The van der Waals surface area contributed by atoms with Crippen molar-refractivity contribution in [1.82, 2.24) is 29.7 Å². The van der Waals surface area contributed by atoms with Gasteiger partial charge in [0.25, 0.3) is 0 Å². The summed E-state index contributed by atoms with van der Waals surface area (Å²) in [6.07, 6.45) is 2.61. The molecule has 0 fully saturated rings. The van der Waals surface area contributed by atoms with E-state index in [4.69, 9.17) is 4.98 Å². The van der Waals surface area contributed by atoms with E-state index in [-0.39, 0.29) is 0 Å². The summed E-state index contributed by atoms with van der Waals surface area (Å²) in [6.45, 7) is 4.43. The molecule has 7 heteroatoms. The van der Waals surface area contributed by atoms with Crippen molar-refractivity contribution in [2.24, 2.45) is 0 Å². The number of anilines is 1. The van der Waals surface area contributed by atoms with Crippen LogP contribution in [-0.2, 0) is 19.5 Å². The molecular formula is C22H21N7. The Balaban J connectivity index is 1.47. The zero-order chi connectivity index (χ0) is 19.6. The van der Waals surface area contributed by atoms with Crippen LogP contribution in [0.1, 0.15) is 18.4 Å². The van der Waals surface area contributed by atoms with Gasteiger partial charge in [0.1, 0.15) is 11.5 Å². The molecule has 3 aromatic heterocycles. The second-order valence-corrected chi connectivity index (χ2v) is 6.99. The van der Waals surface area contributed by atoms with Gasteiger partial charge in [-0.15, -0.1) is 10.2 Å². The fourth-order valence-electron chi connectivity index (χ4n) is 3.59. The van der Waals surface area contributed by atoms with Gasteiger partial charge in [-0.2, -0.15) is 0 Å². The van der Waals surface area contributed by atoms with Gasteiger partial charge in [-0.1, -0.05) is 43.3 Å². The van der Waals surface area contributed by atoms with E-state index in [1.165, 1.54) is 0 Å². The second kappa shape index (κ2) is 7.43. The van der Waals surface area contributed by atoms with Gasteiger partial charge in [0.2, 0.25) is 0 Å². The first-order chi connectivity index (χ1) is 14.3. The highest BCUT2D eigenvalue weighted by Crippen LogP contribution is 2.25. The van der Waals surface area contributed by atoms with Gasteiger partial charge in [0.15, 0.2) is 17.5 Å². The lowest BCUT2D eigenvalue weighted by Crippen LogP contribution is -2.34. The highest BCUT2D eigenvalue weighted by Gasteiger charge is 2.23. The van der Waals surface area contributed by atoms with Crippen LogP contribution in [0.4, 0.5) is 5.82 Å². The Kier molecular flexibility index (Phi) is 4.48. The molecular weight excluding hydrogens is 362 g/mol. The van der Waals surface area contributed by atoms with Crippen molar-refractivity contribution in [1.29, 1.82) is 0 Å². The predicted octanol–water partition coefficient (Wildman–Crippen LogP) is 3.38. The zero-order valence-corrected chi connectivity index (χ0v) is 16.2. The highest BCUT2D eigenvalue weighted by atomic mass is 15.3. The Morgan fingerprint density at radius 2 is 1.79 bits per heavy atom. The second-order valence-electron chi connectivity index (χ2n) is 6.99. The molecule has 0 unspecified atom stereocenters. The molecule has 29 heavy (non-hydrogen) atoms. The summed E-state index contributed by atoms with van der Waals surface area (Å²) in [5.74, 6) is 3.45. The lowest BCUT2D eigenvalue weighted by atomic mass is 10.2. The van der Waals surface area contributed by atoms with Gasteiger partial charge >= 0.3 is 0 Å². The van der Waals surface area contributed by atoms with E-state index in [9.17, 15) is 0 Å². The number of pyridine rings is 1. The molecule has 0 N–H and O–H groups in total. The van der Waals surface area contributed by atoms with Crippen LogP contribution in [0.3, 0.4) is 0 Å². The summed E-state index contributed by atoms with van der Waals surface area (Å²) in [5.41, 5.74) is 2.88. The molecule has 0 saturated carbocycles. The molecule has 1 aliphatic rings. The van der Waals surface area contributed by atoms with Gasteiger partial charge in [-0.05, 0) is 18.6 Å². The molecule has 0 amide bonds. The van der Waals surface area contributed by atoms with Crippen LogP contribution in [0.5, 0.6) is 0 Å². The number of rotatable bonds is 4. The fraction of sp³-hybridized carbons (Fsp3) is 0.227. The van der Waals surface area contributed by atoms with Gasteiger partial charge in [-0.25, -0.2) is 9.97 Å². The van der Waals surface area contributed by atoms with Crippen LogP contribution in [-0.4, -0.2) is 36.3 Å². The quantitative estimate of drug-likeness (QED) is 0.538. The van der Waals surface area contributed by atoms with Crippen molar-refractivity contribution in [3.8, 4) is 22.9 Å². The molecule has 0 radical (unpaired) electrons. The first kappa shape index (κ1) is 17.5. The summed E-state index contributed by atoms with van der Waals surface area (Å²) < 4.78 is 2.20. The fourth-order valence-corrected chi connectivity index (χ4v) is 3.59. The average Bonchev–Trinajstić information content (AvgIpc) is 3.23. The Morgan fingerprint density at radius 1 is 0.931 bits per heavy atom. The molecule has 4 heterocycles. The zero-order valence-electron chi connectivity index (χ0n) is 16.2. The maximum atomic E-state index is 4.81. The minimum absolute atomic E-state index is 0.664. The van der Waals surface area contributed by atoms with E-state index >= 15 is 0 Å². The van der Waals surface area contributed by atoms with Crippen molar-refractivity contribution in [2.45, 2.75) is 26.4 Å². The largest absolute Gasteiger partial charge is 0.347 e. The SMILES string of the molecule is CCc1cc(N2CCn3c(nnc3-c3ccccc3)C2)nc(-c2ccccn2)n1. The van der Waals surface area contributed by atoms with Crippen molar-refractivity contribution in [3.63, 3.8) is 0 Å². The molecule has 1 aromatic carbocycles. The first-order valence-electron chi connectivity index (χ1n) is 9.83. The number of aryl methyl sites for hydroxylation is 1. The minimum Gasteiger partial charge on any atom is -0.347 e. The third kappa shape index (κ3) is 3.35. The molecule has 0 bridgehead atoms. The smallest absolute Gasteiger partial charge is 0.180 e. The third-order valence-electron chi connectivity index (χ3n) is 5.13. The Morgan fingerprint density at radius 3 is 2.59 bits per heavy atom. The Labute approximate surface area is 169 Å². The lowest BCUT2D eigenvalue weighted by molar-refractivity contribution is 0.559. The van der Waals surface area contributed by atoms with Crippen LogP contribution in [0.25, 0.3) is 22.9 Å². The van der Waals surface area contributed by atoms with Crippen LogP contribution in [0, 0.1) is 0 Å². The normalized spacial score (nSPS) is 13.3. The summed E-state index contributed by atoms with van der Waals surface area (Å²) in [4.78, 5) is 16.1. The standard InChI is InChI=1S/C22H21N7/c1-2-17-14-19(25-21(24-17)18-10-6-7-11-23-18)28-12-13-29-20(15-28)26-27-22(29)16-8-4-3-5-9-16/h3-11,14H,2,12-13,15H2,1H3. The number of aromatic nitrogens is 6. The molecule has 0 spiro atoms. The number of hydrogen-bond acceptors (Lipinski definition) is 6. The maximum absolute atomic E-state index is 4.81. The lowest BCUT2D eigenvalue weighted by Gasteiger charge is -2.29. The maximum Gasteiger partial charge on any atom is 0.180 e. The molecule has 5 rings (SSSR count). The van der Waals surface area contributed by atoms with Gasteiger partial charge in [0.05, 0.1) is 6.54 Å². The Bertz CT molecular complexity index is 1120. The summed E-state index contributed by atoms with van der Waals surface area (Å²) in [7, 11) is 0. The summed E-state index contributed by atoms with van der Waals surface area (Å²) in [5, 5.41) is 8.89. The van der Waals surface area contributed by atoms with E-state index in [0.29, 0.717) is 12.4 Å².